The highest BCUT2D eigenvalue weighted by molar-refractivity contribution is 5.77. The van der Waals surface area contributed by atoms with Gasteiger partial charge in [0.15, 0.2) is 5.96 Å². The predicted octanol–water partition coefficient (Wildman–Crippen LogP) is 1.34. The molecule has 3 N–H and O–H groups in total. The molecule has 1 fully saturated rings. The number of benzene rings is 1. The van der Waals surface area contributed by atoms with Gasteiger partial charge in [0.25, 0.3) is 0 Å². The van der Waals surface area contributed by atoms with Gasteiger partial charge in [-0.25, -0.2) is 4.99 Å². The first-order valence-corrected chi connectivity index (χ1v) is 7.25. The van der Waals surface area contributed by atoms with Crippen LogP contribution < -0.4 is 16.0 Å². The van der Waals surface area contributed by atoms with E-state index in [0.717, 1.165) is 39.3 Å². The molecule has 5 heteroatoms. The van der Waals surface area contributed by atoms with Gasteiger partial charge in [0.1, 0.15) is 0 Å². The van der Waals surface area contributed by atoms with Crippen LogP contribution in [0.1, 0.15) is 18.9 Å². The molecule has 1 aliphatic rings. The largest absolute Gasteiger partial charge is 0.378 e. The van der Waals surface area contributed by atoms with E-state index in [1.54, 1.807) is 0 Å². The van der Waals surface area contributed by atoms with Crippen LogP contribution in [0.3, 0.4) is 0 Å². The second-order valence-electron chi connectivity index (χ2n) is 4.89. The van der Waals surface area contributed by atoms with Crippen molar-refractivity contribution in [3.05, 3.63) is 29.8 Å². The summed E-state index contributed by atoms with van der Waals surface area (Å²) in [4.78, 5) is 6.66. The second kappa shape index (κ2) is 7.75. The van der Waals surface area contributed by atoms with Gasteiger partial charge in [-0.1, -0.05) is 19.1 Å². The average molecular weight is 276 g/mol. The number of nitrogens with two attached hydrogens (primary N) is 1. The number of nitrogens with zero attached hydrogens (tertiary/aromatic N) is 2. The average Bonchev–Trinajstić information content (AvgIpc) is 2.52. The van der Waals surface area contributed by atoms with Crippen molar-refractivity contribution in [2.45, 2.75) is 19.9 Å². The summed E-state index contributed by atoms with van der Waals surface area (Å²) < 4.78 is 5.36. The number of aliphatic imine (C=N–C) groups is 1. The summed E-state index contributed by atoms with van der Waals surface area (Å²) in [5.41, 5.74) is 8.19. The monoisotopic (exact) mass is 276 g/mol. The molecule has 20 heavy (non-hydrogen) atoms. The molecule has 0 aromatic heterocycles. The Hall–Kier alpha value is -1.75. The Kier molecular flexibility index (Phi) is 5.68. The maximum absolute atomic E-state index is 5.77. The van der Waals surface area contributed by atoms with Crippen molar-refractivity contribution in [3.63, 3.8) is 0 Å². The zero-order chi connectivity index (χ0) is 14.2. The predicted molar refractivity (Wildman–Crippen MR) is 83.1 cm³/mol. The Morgan fingerprint density at radius 1 is 1.30 bits per heavy atom. The number of anilines is 1. The molecule has 0 radical (unpaired) electrons. The SMILES string of the molecule is CCCNC(N)=NCc1ccc(N2CCOCC2)cc1. The normalized spacial score (nSPS) is 16.2. The van der Waals surface area contributed by atoms with Crippen molar-refractivity contribution in [1.29, 1.82) is 0 Å². The van der Waals surface area contributed by atoms with Crippen LogP contribution in [0, 0.1) is 0 Å². The molecule has 1 aromatic carbocycles. The molecule has 1 aliphatic heterocycles. The molecule has 0 spiro atoms. The van der Waals surface area contributed by atoms with E-state index in [9.17, 15) is 0 Å². The quantitative estimate of drug-likeness (QED) is 0.629. The fraction of sp³-hybridized carbons (Fsp3) is 0.533. The minimum absolute atomic E-state index is 0.518. The Balaban J connectivity index is 1.87. The summed E-state index contributed by atoms with van der Waals surface area (Å²) in [5, 5.41) is 3.07. The summed E-state index contributed by atoms with van der Waals surface area (Å²) >= 11 is 0. The maximum Gasteiger partial charge on any atom is 0.188 e. The van der Waals surface area contributed by atoms with E-state index >= 15 is 0 Å². The second-order valence-corrected chi connectivity index (χ2v) is 4.89. The maximum atomic E-state index is 5.77. The molecule has 110 valence electrons. The third-order valence-electron chi connectivity index (χ3n) is 3.30. The molecule has 0 bridgehead atoms. The summed E-state index contributed by atoms with van der Waals surface area (Å²) in [7, 11) is 0. The summed E-state index contributed by atoms with van der Waals surface area (Å²) in [6.45, 7) is 7.13. The van der Waals surface area contributed by atoms with E-state index in [-0.39, 0.29) is 0 Å². The van der Waals surface area contributed by atoms with Crippen LogP contribution >= 0.6 is 0 Å². The van der Waals surface area contributed by atoms with Gasteiger partial charge in [-0.3, -0.25) is 0 Å². The lowest BCUT2D eigenvalue weighted by Gasteiger charge is -2.28. The highest BCUT2D eigenvalue weighted by atomic mass is 16.5. The van der Waals surface area contributed by atoms with Gasteiger partial charge in [0.2, 0.25) is 0 Å². The van der Waals surface area contributed by atoms with Crippen molar-refractivity contribution < 1.29 is 4.74 Å². The standard InChI is InChI=1S/C15H24N4O/c1-2-7-17-15(16)18-12-13-3-5-14(6-4-13)19-8-10-20-11-9-19/h3-6H,2,7-12H2,1H3,(H3,16,17,18). The van der Waals surface area contributed by atoms with E-state index in [1.165, 1.54) is 11.3 Å². The third kappa shape index (κ3) is 4.42. The number of ether oxygens (including phenoxy) is 1. The zero-order valence-corrected chi connectivity index (χ0v) is 12.1. The van der Waals surface area contributed by atoms with E-state index < -0.39 is 0 Å². The summed E-state index contributed by atoms with van der Waals surface area (Å²) in [6, 6.07) is 8.51. The topological polar surface area (TPSA) is 62.9 Å². The number of hydrogen-bond donors (Lipinski definition) is 2. The first kappa shape index (κ1) is 14.7. The third-order valence-corrected chi connectivity index (χ3v) is 3.30. The van der Waals surface area contributed by atoms with Crippen LogP contribution in [-0.2, 0) is 11.3 Å². The molecule has 5 nitrogen and oxygen atoms in total. The van der Waals surface area contributed by atoms with Crippen LogP contribution in [0.5, 0.6) is 0 Å². The summed E-state index contributed by atoms with van der Waals surface area (Å²) in [6.07, 6.45) is 1.05. The number of rotatable bonds is 5. The summed E-state index contributed by atoms with van der Waals surface area (Å²) in [5.74, 6) is 0.518. The minimum Gasteiger partial charge on any atom is -0.378 e. The fourth-order valence-electron chi connectivity index (χ4n) is 2.12. The van der Waals surface area contributed by atoms with Gasteiger partial charge in [-0.15, -0.1) is 0 Å². The Morgan fingerprint density at radius 2 is 2.00 bits per heavy atom. The van der Waals surface area contributed by atoms with Crippen LogP contribution in [0.25, 0.3) is 0 Å². The van der Waals surface area contributed by atoms with Gasteiger partial charge in [-0.2, -0.15) is 0 Å². The Labute approximate surface area is 120 Å². The highest BCUT2D eigenvalue weighted by Crippen LogP contribution is 2.16. The molecule has 0 unspecified atom stereocenters. The molecule has 1 aromatic rings. The van der Waals surface area contributed by atoms with Gasteiger partial charge in [0.05, 0.1) is 19.8 Å². The first-order valence-electron chi connectivity index (χ1n) is 7.25. The number of nitrogens with one attached hydrogen (secondary N) is 1. The molecular formula is C15H24N4O. The lowest BCUT2D eigenvalue weighted by molar-refractivity contribution is 0.122. The Bertz CT molecular complexity index is 424. The van der Waals surface area contributed by atoms with Gasteiger partial charge >= 0.3 is 0 Å². The van der Waals surface area contributed by atoms with E-state index in [4.69, 9.17) is 10.5 Å². The zero-order valence-electron chi connectivity index (χ0n) is 12.1. The molecular weight excluding hydrogens is 252 g/mol. The molecule has 0 aliphatic carbocycles. The fourth-order valence-corrected chi connectivity index (χ4v) is 2.12. The molecule has 1 heterocycles. The van der Waals surface area contributed by atoms with Crippen LogP contribution in [-0.4, -0.2) is 38.8 Å². The lowest BCUT2D eigenvalue weighted by atomic mass is 10.2. The first-order chi connectivity index (χ1) is 9.79. The number of guanidine groups is 1. The van der Waals surface area contributed by atoms with Gasteiger partial charge < -0.3 is 20.7 Å². The lowest BCUT2D eigenvalue weighted by Crippen LogP contribution is -2.36. The van der Waals surface area contributed by atoms with Crippen molar-refractivity contribution in [1.82, 2.24) is 5.32 Å². The highest BCUT2D eigenvalue weighted by Gasteiger charge is 2.10. The van der Waals surface area contributed by atoms with Crippen molar-refractivity contribution >= 4 is 11.6 Å². The number of hydrogen-bond acceptors (Lipinski definition) is 3. The van der Waals surface area contributed by atoms with Crippen molar-refractivity contribution in [2.24, 2.45) is 10.7 Å². The van der Waals surface area contributed by atoms with Crippen molar-refractivity contribution in [2.75, 3.05) is 37.7 Å². The van der Waals surface area contributed by atoms with E-state index in [1.807, 2.05) is 0 Å². The van der Waals surface area contributed by atoms with Gasteiger partial charge in [0, 0.05) is 25.3 Å². The minimum atomic E-state index is 0.518. The molecule has 1 saturated heterocycles. The molecule has 0 amide bonds. The van der Waals surface area contributed by atoms with Crippen molar-refractivity contribution in [3.8, 4) is 0 Å². The van der Waals surface area contributed by atoms with Crippen LogP contribution in [0.2, 0.25) is 0 Å². The smallest absolute Gasteiger partial charge is 0.188 e. The van der Waals surface area contributed by atoms with E-state index in [0.29, 0.717) is 12.5 Å². The van der Waals surface area contributed by atoms with Crippen LogP contribution in [0.4, 0.5) is 5.69 Å². The molecule has 0 atom stereocenters. The molecule has 2 rings (SSSR count). The van der Waals surface area contributed by atoms with Crippen LogP contribution in [0.15, 0.2) is 29.3 Å². The van der Waals surface area contributed by atoms with E-state index in [2.05, 4.69) is 46.4 Å². The van der Waals surface area contributed by atoms with Gasteiger partial charge in [-0.05, 0) is 24.1 Å². The Morgan fingerprint density at radius 3 is 2.65 bits per heavy atom. The number of morpholine rings is 1. The molecule has 0 saturated carbocycles.